The SMILES string of the molecule is CC(C)c1cccc2c(C(=O)O)cc(-c3ccccc3)nc12. The number of fused-ring (bicyclic) bond motifs is 1. The van der Waals surface area contributed by atoms with Gasteiger partial charge in [0.15, 0.2) is 0 Å². The molecule has 0 bridgehead atoms. The van der Waals surface area contributed by atoms with Crippen molar-refractivity contribution in [1.82, 2.24) is 4.98 Å². The number of rotatable bonds is 3. The summed E-state index contributed by atoms with van der Waals surface area (Å²) in [6, 6.07) is 17.1. The van der Waals surface area contributed by atoms with E-state index in [1.807, 2.05) is 48.5 Å². The molecule has 3 aromatic rings. The molecule has 3 nitrogen and oxygen atoms in total. The van der Waals surface area contributed by atoms with E-state index in [4.69, 9.17) is 4.98 Å². The lowest BCUT2D eigenvalue weighted by molar-refractivity contribution is 0.0699. The van der Waals surface area contributed by atoms with Crippen LogP contribution in [-0.2, 0) is 0 Å². The predicted octanol–water partition coefficient (Wildman–Crippen LogP) is 4.72. The first-order valence-corrected chi connectivity index (χ1v) is 7.30. The summed E-state index contributed by atoms with van der Waals surface area (Å²) in [6.45, 7) is 4.18. The van der Waals surface area contributed by atoms with Crippen LogP contribution >= 0.6 is 0 Å². The van der Waals surface area contributed by atoms with Crippen molar-refractivity contribution in [3.05, 3.63) is 65.7 Å². The first-order valence-electron chi connectivity index (χ1n) is 7.30. The van der Waals surface area contributed by atoms with Crippen molar-refractivity contribution < 1.29 is 9.90 Å². The minimum absolute atomic E-state index is 0.281. The van der Waals surface area contributed by atoms with Crippen molar-refractivity contribution in [2.75, 3.05) is 0 Å². The van der Waals surface area contributed by atoms with Gasteiger partial charge in [0.05, 0.1) is 16.8 Å². The van der Waals surface area contributed by atoms with Gasteiger partial charge in [-0.05, 0) is 17.5 Å². The number of hydrogen-bond acceptors (Lipinski definition) is 2. The number of aromatic nitrogens is 1. The molecule has 0 saturated heterocycles. The van der Waals surface area contributed by atoms with Crippen LogP contribution in [0.2, 0.25) is 0 Å². The second-order valence-electron chi connectivity index (χ2n) is 5.62. The van der Waals surface area contributed by atoms with Crippen LogP contribution < -0.4 is 0 Å². The van der Waals surface area contributed by atoms with E-state index in [1.54, 1.807) is 6.07 Å². The van der Waals surface area contributed by atoms with E-state index >= 15 is 0 Å². The Morgan fingerprint density at radius 1 is 1.05 bits per heavy atom. The van der Waals surface area contributed by atoms with Gasteiger partial charge in [-0.2, -0.15) is 0 Å². The van der Waals surface area contributed by atoms with Gasteiger partial charge in [0.2, 0.25) is 0 Å². The highest BCUT2D eigenvalue weighted by Gasteiger charge is 2.16. The molecule has 3 heteroatoms. The molecule has 22 heavy (non-hydrogen) atoms. The van der Waals surface area contributed by atoms with Gasteiger partial charge in [-0.25, -0.2) is 9.78 Å². The Labute approximate surface area is 129 Å². The van der Waals surface area contributed by atoms with Crippen LogP contribution in [0, 0.1) is 0 Å². The second-order valence-corrected chi connectivity index (χ2v) is 5.62. The Kier molecular flexibility index (Phi) is 3.63. The van der Waals surface area contributed by atoms with Gasteiger partial charge in [0, 0.05) is 10.9 Å². The van der Waals surface area contributed by atoms with Gasteiger partial charge in [-0.1, -0.05) is 62.4 Å². The first-order chi connectivity index (χ1) is 10.6. The average Bonchev–Trinajstić information content (AvgIpc) is 2.53. The summed E-state index contributed by atoms with van der Waals surface area (Å²) in [4.78, 5) is 16.4. The van der Waals surface area contributed by atoms with Crippen molar-refractivity contribution in [1.29, 1.82) is 0 Å². The van der Waals surface area contributed by atoms with Crippen LogP contribution in [0.4, 0.5) is 0 Å². The fraction of sp³-hybridized carbons (Fsp3) is 0.158. The van der Waals surface area contributed by atoms with E-state index < -0.39 is 5.97 Å². The van der Waals surface area contributed by atoms with Crippen LogP contribution in [0.15, 0.2) is 54.6 Å². The van der Waals surface area contributed by atoms with Crippen molar-refractivity contribution in [3.8, 4) is 11.3 Å². The maximum Gasteiger partial charge on any atom is 0.336 e. The molecular weight excluding hydrogens is 274 g/mol. The third kappa shape index (κ3) is 2.46. The maximum atomic E-state index is 11.7. The van der Waals surface area contributed by atoms with Crippen LogP contribution in [0.25, 0.3) is 22.2 Å². The van der Waals surface area contributed by atoms with Crippen LogP contribution in [0.3, 0.4) is 0 Å². The number of aromatic carboxylic acids is 1. The van der Waals surface area contributed by atoms with E-state index in [0.29, 0.717) is 16.6 Å². The highest BCUT2D eigenvalue weighted by molar-refractivity contribution is 6.04. The Hall–Kier alpha value is -2.68. The van der Waals surface area contributed by atoms with E-state index in [-0.39, 0.29) is 5.92 Å². The molecule has 0 amide bonds. The number of carboxylic acid groups (broad SMARTS) is 1. The Morgan fingerprint density at radius 2 is 1.77 bits per heavy atom. The number of pyridine rings is 1. The summed E-state index contributed by atoms with van der Waals surface area (Å²) in [6.07, 6.45) is 0. The van der Waals surface area contributed by atoms with Gasteiger partial charge in [0.25, 0.3) is 0 Å². The summed E-state index contributed by atoms with van der Waals surface area (Å²) in [5.41, 5.74) is 3.75. The van der Waals surface area contributed by atoms with Crippen molar-refractivity contribution in [2.24, 2.45) is 0 Å². The average molecular weight is 291 g/mol. The second kappa shape index (κ2) is 5.60. The quantitative estimate of drug-likeness (QED) is 0.759. The summed E-state index contributed by atoms with van der Waals surface area (Å²) in [5.74, 6) is -0.644. The summed E-state index contributed by atoms with van der Waals surface area (Å²) in [7, 11) is 0. The predicted molar refractivity (Wildman–Crippen MR) is 88.2 cm³/mol. The fourth-order valence-corrected chi connectivity index (χ4v) is 2.67. The van der Waals surface area contributed by atoms with Crippen LogP contribution in [0.1, 0.15) is 35.7 Å². The Balaban J connectivity index is 2.37. The molecule has 0 aliphatic rings. The minimum Gasteiger partial charge on any atom is -0.478 e. The summed E-state index contributed by atoms with van der Waals surface area (Å²) < 4.78 is 0. The zero-order chi connectivity index (χ0) is 15.7. The van der Waals surface area contributed by atoms with Crippen LogP contribution in [0.5, 0.6) is 0 Å². The number of carbonyl (C=O) groups is 1. The topological polar surface area (TPSA) is 50.2 Å². The van der Waals surface area contributed by atoms with Gasteiger partial charge in [-0.15, -0.1) is 0 Å². The van der Waals surface area contributed by atoms with Crippen molar-refractivity contribution >= 4 is 16.9 Å². The van der Waals surface area contributed by atoms with E-state index in [9.17, 15) is 9.90 Å². The van der Waals surface area contributed by atoms with E-state index in [2.05, 4.69) is 13.8 Å². The molecule has 0 atom stereocenters. The molecule has 1 aromatic heterocycles. The lowest BCUT2D eigenvalue weighted by Crippen LogP contribution is -2.02. The number of nitrogens with zero attached hydrogens (tertiary/aromatic N) is 1. The Bertz CT molecular complexity index is 839. The van der Waals surface area contributed by atoms with Gasteiger partial charge in [-0.3, -0.25) is 0 Å². The molecule has 110 valence electrons. The van der Waals surface area contributed by atoms with E-state index in [0.717, 1.165) is 16.6 Å². The third-order valence-corrected chi connectivity index (χ3v) is 3.79. The van der Waals surface area contributed by atoms with E-state index in [1.165, 1.54) is 0 Å². The highest BCUT2D eigenvalue weighted by Crippen LogP contribution is 2.30. The Morgan fingerprint density at radius 3 is 2.41 bits per heavy atom. The molecule has 0 unspecified atom stereocenters. The number of carboxylic acids is 1. The molecule has 0 spiro atoms. The van der Waals surface area contributed by atoms with Crippen LogP contribution in [-0.4, -0.2) is 16.1 Å². The third-order valence-electron chi connectivity index (χ3n) is 3.79. The minimum atomic E-state index is -0.925. The molecule has 1 N–H and O–H groups in total. The monoisotopic (exact) mass is 291 g/mol. The largest absolute Gasteiger partial charge is 0.478 e. The standard InChI is InChI=1S/C19H17NO2/c1-12(2)14-9-6-10-15-16(19(21)22)11-17(20-18(14)15)13-7-4-3-5-8-13/h3-12H,1-2H3,(H,21,22). The molecule has 2 aromatic carbocycles. The summed E-state index contributed by atoms with van der Waals surface area (Å²) >= 11 is 0. The van der Waals surface area contributed by atoms with Gasteiger partial charge < -0.3 is 5.11 Å². The van der Waals surface area contributed by atoms with Gasteiger partial charge in [0.1, 0.15) is 0 Å². The zero-order valence-electron chi connectivity index (χ0n) is 12.6. The van der Waals surface area contributed by atoms with Crippen molar-refractivity contribution in [3.63, 3.8) is 0 Å². The molecule has 0 saturated carbocycles. The molecular formula is C19H17NO2. The normalized spacial score (nSPS) is 11.0. The zero-order valence-corrected chi connectivity index (χ0v) is 12.6. The number of hydrogen-bond donors (Lipinski definition) is 1. The molecule has 0 fully saturated rings. The van der Waals surface area contributed by atoms with Crippen molar-refractivity contribution in [2.45, 2.75) is 19.8 Å². The van der Waals surface area contributed by atoms with Gasteiger partial charge >= 0.3 is 5.97 Å². The molecule has 0 aliphatic heterocycles. The maximum absolute atomic E-state index is 11.7. The molecule has 0 radical (unpaired) electrons. The molecule has 0 aliphatic carbocycles. The summed E-state index contributed by atoms with van der Waals surface area (Å²) in [5, 5.41) is 10.2. The first kappa shape index (κ1) is 14.3. The number of para-hydroxylation sites is 1. The fourth-order valence-electron chi connectivity index (χ4n) is 2.67. The smallest absolute Gasteiger partial charge is 0.336 e. The number of benzene rings is 2. The highest BCUT2D eigenvalue weighted by atomic mass is 16.4. The molecule has 1 heterocycles. The lowest BCUT2D eigenvalue weighted by atomic mass is 9.96. The lowest BCUT2D eigenvalue weighted by Gasteiger charge is -2.13. The molecule has 3 rings (SSSR count).